The number of aliphatic carboxylic acids is 1. The number of para-hydroxylation sites is 1. The van der Waals surface area contributed by atoms with Gasteiger partial charge in [0.1, 0.15) is 6.04 Å². The van der Waals surface area contributed by atoms with Crippen molar-refractivity contribution in [1.29, 1.82) is 0 Å². The number of nitrogens with zero attached hydrogens (tertiary/aromatic N) is 1. The van der Waals surface area contributed by atoms with Crippen LogP contribution in [0.3, 0.4) is 0 Å². The molecule has 0 aromatic heterocycles. The van der Waals surface area contributed by atoms with E-state index in [9.17, 15) is 15.0 Å². The zero-order valence-corrected chi connectivity index (χ0v) is 11.2. The summed E-state index contributed by atoms with van der Waals surface area (Å²) in [7, 11) is 1.50. The van der Waals surface area contributed by atoms with Crippen LogP contribution in [0, 0.1) is 5.92 Å². The average molecular weight is 265 g/mol. The molecular formula is C14H19NO4. The molecule has 1 saturated heterocycles. The monoisotopic (exact) mass is 265 g/mol. The first-order chi connectivity index (χ1) is 9.04. The fraction of sp³-hybridized carbons (Fsp3) is 0.500. The van der Waals surface area contributed by atoms with E-state index in [0.717, 1.165) is 13.0 Å². The van der Waals surface area contributed by atoms with Crippen LogP contribution in [-0.2, 0) is 11.3 Å². The summed E-state index contributed by atoms with van der Waals surface area (Å²) >= 11 is 0. The highest BCUT2D eigenvalue weighted by Gasteiger charge is 2.36. The molecule has 0 spiro atoms. The number of benzene rings is 1. The van der Waals surface area contributed by atoms with E-state index >= 15 is 0 Å². The standard InChI is InChI=1S/C14H19NO4/c1-9-6-7-15(12(9)14(17)18)8-10-4-3-5-11(19-2)13(10)16/h3-5,9,12,16H,6-8H2,1-2H3,(H,17,18). The number of aromatic hydroxyl groups is 1. The lowest BCUT2D eigenvalue weighted by molar-refractivity contribution is -0.143. The Morgan fingerprint density at radius 1 is 1.53 bits per heavy atom. The maximum Gasteiger partial charge on any atom is 0.321 e. The van der Waals surface area contributed by atoms with Crippen molar-refractivity contribution in [1.82, 2.24) is 4.90 Å². The van der Waals surface area contributed by atoms with Crippen molar-refractivity contribution in [3.8, 4) is 11.5 Å². The first-order valence-corrected chi connectivity index (χ1v) is 6.36. The third-order valence-electron chi connectivity index (χ3n) is 3.73. The van der Waals surface area contributed by atoms with Crippen molar-refractivity contribution in [3.05, 3.63) is 23.8 Å². The lowest BCUT2D eigenvalue weighted by Crippen LogP contribution is -2.38. The molecule has 1 aliphatic heterocycles. The number of carbonyl (C=O) groups is 1. The third-order valence-corrected chi connectivity index (χ3v) is 3.73. The summed E-state index contributed by atoms with van der Waals surface area (Å²) in [6.45, 7) is 3.10. The van der Waals surface area contributed by atoms with Gasteiger partial charge < -0.3 is 14.9 Å². The van der Waals surface area contributed by atoms with E-state index in [-0.39, 0.29) is 11.7 Å². The number of methoxy groups -OCH3 is 1. The number of phenols is 1. The van der Waals surface area contributed by atoms with Gasteiger partial charge in [0.25, 0.3) is 0 Å². The average Bonchev–Trinajstić information content (AvgIpc) is 2.73. The van der Waals surface area contributed by atoms with E-state index in [0.29, 0.717) is 17.9 Å². The molecule has 1 fully saturated rings. The van der Waals surface area contributed by atoms with Gasteiger partial charge in [0.15, 0.2) is 11.5 Å². The van der Waals surface area contributed by atoms with Gasteiger partial charge in [-0.2, -0.15) is 0 Å². The van der Waals surface area contributed by atoms with Crippen molar-refractivity contribution in [2.75, 3.05) is 13.7 Å². The number of carboxylic acid groups (broad SMARTS) is 1. The van der Waals surface area contributed by atoms with Crippen LogP contribution in [0.4, 0.5) is 0 Å². The van der Waals surface area contributed by atoms with E-state index in [1.165, 1.54) is 7.11 Å². The van der Waals surface area contributed by atoms with Crippen LogP contribution in [0.2, 0.25) is 0 Å². The van der Waals surface area contributed by atoms with Crippen LogP contribution in [-0.4, -0.2) is 40.8 Å². The Balaban J connectivity index is 2.19. The molecule has 1 aromatic carbocycles. The van der Waals surface area contributed by atoms with Crippen LogP contribution in [0.5, 0.6) is 11.5 Å². The molecule has 5 heteroatoms. The normalized spacial score (nSPS) is 23.5. The second-order valence-corrected chi connectivity index (χ2v) is 4.99. The van der Waals surface area contributed by atoms with E-state index in [1.54, 1.807) is 18.2 Å². The van der Waals surface area contributed by atoms with Gasteiger partial charge in [0, 0.05) is 12.1 Å². The molecule has 2 atom stereocenters. The van der Waals surface area contributed by atoms with Crippen molar-refractivity contribution in [3.63, 3.8) is 0 Å². The predicted octanol–water partition coefficient (Wildman–Crippen LogP) is 1.70. The summed E-state index contributed by atoms with van der Waals surface area (Å²) in [4.78, 5) is 13.2. The molecule has 1 heterocycles. The van der Waals surface area contributed by atoms with Crippen LogP contribution in [0.1, 0.15) is 18.9 Å². The zero-order chi connectivity index (χ0) is 14.0. The van der Waals surface area contributed by atoms with E-state index in [2.05, 4.69) is 0 Å². The minimum absolute atomic E-state index is 0.0914. The molecule has 0 amide bonds. The third kappa shape index (κ3) is 2.66. The smallest absolute Gasteiger partial charge is 0.321 e. The summed E-state index contributed by atoms with van der Waals surface area (Å²) in [6, 6.07) is 4.79. The number of phenolic OH excluding ortho intramolecular Hbond substituents is 1. The van der Waals surface area contributed by atoms with E-state index in [1.807, 2.05) is 11.8 Å². The second kappa shape index (κ2) is 5.48. The Hall–Kier alpha value is -1.75. The summed E-state index contributed by atoms with van der Waals surface area (Å²) in [5, 5.41) is 19.3. The first kappa shape index (κ1) is 13.7. The summed E-state index contributed by atoms with van der Waals surface area (Å²) in [5.74, 6) is -0.164. The molecule has 1 aromatic rings. The molecule has 0 saturated carbocycles. The molecule has 0 radical (unpaired) electrons. The Kier molecular flexibility index (Phi) is 3.95. The predicted molar refractivity (Wildman–Crippen MR) is 70.3 cm³/mol. The van der Waals surface area contributed by atoms with Crippen molar-refractivity contribution in [2.24, 2.45) is 5.92 Å². The highest BCUT2D eigenvalue weighted by Crippen LogP contribution is 2.33. The van der Waals surface area contributed by atoms with Gasteiger partial charge in [0.05, 0.1) is 7.11 Å². The van der Waals surface area contributed by atoms with Gasteiger partial charge in [-0.3, -0.25) is 9.69 Å². The van der Waals surface area contributed by atoms with Gasteiger partial charge in [-0.1, -0.05) is 19.1 Å². The highest BCUT2D eigenvalue weighted by molar-refractivity contribution is 5.74. The summed E-state index contributed by atoms with van der Waals surface area (Å²) < 4.78 is 5.06. The number of rotatable bonds is 4. The summed E-state index contributed by atoms with van der Waals surface area (Å²) in [5.41, 5.74) is 0.694. The lowest BCUT2D eigenvalue weighted by atomic mass is 10.0. The van der Waals surface area contributed by atoms with Gasteiger partial charge >= 0.3 is 5.97 Å². The summed E-state index contributed by atoms with van der Waals surface area (Å²) in [6.07, 6.45) is 0.863. The Morgan fingerprint density at radius 3 is 2.89 bits per heavy atom. The largest absolute Gasteiger partial charge is 0.504 e. The molecular weight excluding hydrogens is 246 g/mol. The molecule has 19 heavy (non-hydrogen) atoms. The topological polar surface area (TPSA) is 70.0 Å². The Bertz CT molecular complexity index is 475. The molecule has 5 nitrogen and oxygen atoms in total. The molecule has 1 aliphatic rings. The van der Waals surface area contributed by atoms with Crippen molar-refractivity contribution < 1.29 is 19.7 Å². The number of carboxylic acids is 1. The minimum Gasteiger partial charge on any atom is -0.504 e. The van der Waals surface area contributed by atoms with Crippen LogP contribution in [0.15, 0.2) is 18.2 Å². The lowest BCUT2D eigenvalue weighted by Gasteiger charge is -2.23. The van der Waals surface area contributed by atoms with E-state index < -0.39 is 12.0 Å². The quantitative estimate of drug-likeness (QED) is 0.867. The van der Waals surface area contributed by atoms with Gasteiger partial charge in [-0.25, -0.2) is 0 Å². The van der Waals surface area contributed by atoms with Gasteiger partial charge in [-0.15, -0.1) is 0 Å². The maximum absolute atomic E-state index is 11.3. The Morgan fingerprint density at radius 2 is 2.26 bits per heavy atom. The minimum atomic E-state index is -0.799. The van der Waals surface area contributed by atoms with Crippen LogP contribution >= 0.6 is 0 Å². The number of likely N-dealkylation sites (tertiary alicyclic amines) is 1. The van der Waals surface area contributed by atoms with Crippen LogP contribution in [0.25, 0.3) is 0 Å². The molecule has 2 unspecified atom stereocenters. The van der Waals surface area contributed by atoms with Crippen molar-refractivity contribution in [2.45, 2.75) is 25.9 Å². The number of hydrogen-bond acceptors (Lipinski definition) is 4. The highest BCUT2D eigenvalue weighted by atomic mass is 16.5. The molecule has 104 valence electrons. The van der Waals surface area contributed by atoms with Gasteiger partial charge in [0.2, 0.25) is 0 Å². The first-order valence-electron chi connectivity index (χ1n) is 6.36. The number of hydrogen-bond donors (Lipinski definition) is 2. The molecule has 0 aliphatic carbocycles. The maximum atomic E-state index is 11.3. The molecule has 2 rings (SSSR count). The SMILES string of the molecule is COc1cccc(CN2CCC(C)C2C(=O)O)c1O. The second-order valence-electron chi connectivity index (χ2n) is 4.99. The zero-order valence-electron chi connectivity index (χ0n) is 11.2. The molecule has 0 bridgehead atoms. The van der Waals surface area contributed by atoms with E-state index in [4.69, 9.17) is 4.74 Å². The fourth-order valence-electron chi connectivity index (χ4n) is 2.68. The number of ether oxygens (including phenoxy) is 1. The Labute approximate surface area is 112 Å². The fourth-order valence-corrected chi connectivity index (χ4v) is 2.68. The van der Waals surface area contributed by atoms with Crippen LogP contribution < -0.4 is 4.74 Å². The molecule has 2 N–H and O–H groups in total. The van der Waals surface area contributed by atoms with Gasteiger partial charge in [-0.05, 0) is 24.9 Å². The van der Waals surface area contributed by atoms with Crippen molar-refractivity contribution >= 4 is 5.97 Å².